The molecule has 0 N–H and O–H groups in total. The van der Waals surface area contributed by atoms with Crippen LogP contribution in [-0.4, -0.2) is 13.5 Å². The smallest absolute Gasteiger partial charge is 0.0442 e. The maximum Gasteiger partial charge on any atom is 0.0442 e. The molecule has 0 bridgehead atoms. The van der Waals surface area contributed by atoms with Crippen molar-refractivity contribution in [3.05, 3.63) is 0 Å². The Labute approximate surface area is 70.0 Å². The standard InChI is InChI=1S/C8H17ClSi/c1-10(2,3)5-4-7-6-8(7)9/h7-8H,4-6H2,1-3H3/t7-,8+/m1/s1. The first-order valence-corrected chi connectivity index (χ1v) is 8.27. The summed E-state index contributed by atoms with van der Waals surface area (Å²) in [6, 6.07) is 1.46. The highest BCUT2D eigenvalue weighted by Crippen LogP contribution is 2.40. The second kappa shape index (κ2) is 2.86. The summed E-state index contributed by atoms with van der Waals surface area (Å²) in [7, 11) is -0.768. The van der Waals surface area contributed by atoms with E-state index in [0.29, 0.717) is 5.38 Å². The van der Waals surface area contributed by atoms with Gasteiger partial charge in [-0.2, -0.15) is 0 Å². The van der Waals surface area contributed by atoms with Gasteiger partial charge >= 0.3 is 0 Å². The Morgan fingerprint density at radius 1 is 1.40 bits per heavy atom. The summed E-state index contributed by atoms with van der Waals surface area (Å²) >= 11 is 5.90. The third kappa shape index (κ3) is 3.06. The average molecular weight is 177 g/mol. The average Bonchev–Trinajstić information content (AvgIpc) is 2.40. The molecular formula is C8H17ClSi. The van der Waals surface area contributed by atoms with Crippen LogP contribution in [0, 0.1) is 5.92 Å². The Morgan fingerprint density at radius 2 is 1.90 bits per heavy atom. The fourth-order valence-corrected chi connectivity index (χ4v) is 2.72. The molecule has 0 nitrogen and oxygen atoms in total. The van der Waals surface area contributed by atoms with E-state index >= 15 is 0 Å². The molecule has 60 valence electrons. The number of rotatable bonds is 3. The lowest BCUT2D eigenvalue weighted by Gasteiger charge is -2.14. The van der Waals surface area contributed by atoms with Gasteiger partial charge in [0.25, 0.3) is 0 Å². The highest BCUT2D eigenvalue weighted by molar-refractivity contribution is 6.76. The third-order valence-corrected chi connectivity index (χ3v) is 4.42. The van der Waals surface area contributed by atoms with E-state index in [1.165, 1.54) is 18.9 Å². The van der Waals surface area contributed by atoms with Gasteiger partial charge in [-0.05, 0) is 12.3 Å². The van der Waals surface area contributed by atoms with Gasteiger partial charge in [0.1, 0.15) is 0 Å². The van der Waals surface area contributed by atoms with Crippen LogP contribution in [0.25, 0.3) is 0 Å². The van der Waals surface area contributed by atoms with Gasteiger partial charge in [-0.25, -0.2) is 0 Å². The summed E-state index contributed by atoms with van der Waals surface area (Å²) in [5, 5.41) is 0.538. The fraction of sp³-hybridized carbons (Fsp3) is 1.00. The predicted octanol–water partition coefficient (Wildman–Crippen LogP) is 3.34. The molecule has 0 aromatic heterocycles. The molecule has 0 aliphatic heterocycles. The van der Waals surface area contributed by atoms with Crippen molar-refractivity contribution >= 4 is 19.7 Å². The molecule has 0 aromatic carbocycles. The molecule has 1 aliphatic rings. The molecular weight excluding hydrogens is 160 g/mol. The molecule has 1 fully saturated rings. The first-order chi connectivity index (χ1) is 4.49. The zero-order valence-corrected chi connectivity index (χ0v) is 8.91. The van der Waals surface area contributed by atoms with E-state index in [1.807, 2.05) is 0 Å². The lowest BCUT2D eigenvalue weighted by Crippen LogP contribution is -2.19. The lowest BCUT2D eigenvalue weighted by molar-refractivity contribution is 0.788. The van der Waals surface area contributed by atoms with Gasteiger partial charge in [-0.3, -0.25) is 0 Å². The molecule has 0 spiro atoms. The zero-order chi connectivity index (χ0) is 7.78. The van der Waals surface area contributed by atoms with E-state index in [1.54, 1.807) is 0 Å². The molecule has 0 aromatic rings. The van der Waals surface area contributed by atoms with Crippen molar-refractivity contribution in [3.63, 3.8) is 0 Å². The van der Waals surface area contributed by atoms with Crippen molar-refractivity contribution < 1.29 is 0 Å². The van der Waals surface area contributed by atoms with Crippen molar-refractivity contribution in [1.29, 1.82) is 0 Å². The van der Waals surface area contributed by atoms with Gasteiger partial charge in [0.05, 0.1) is 0 Å². The van der Waals surface area contributed by atoms with Crippen LogP contribution in [0.4, 0.5) is 0 Å². The Morgan fingerprint density at radius 3 is 2.20 bits per heavy atom. The third-order valence-electron chi connectivity index (χ3n) is 2.10. The molecule has 2 heteroatoms. The first kappa shape index (κ1) is 8.60. The van der Waals surface area contributed by atoms with Crippen molar-refractivity contribution in [3.8, 4) is 0 Å². The van der Waals surface area contributed by atoms with Crippen LogP contribution >= 0.6 is 11.6 Å². The number of alkyl halides is 1. The summed E-state index contributed by atoms with van der Waals surface area (Å²) in [4.78, 5) is 0. The Hall–Kier alpha value is 0.507. The van der Waals surface area contributed by atoms with Crippen LogP contribution < -0.4 is 0 Å². The van der Waals surface area contributed by atoms with E-state index < -0.39 is 8.07 Å². The molecule has 10 heavy (non-hydrogen) atoms. The number of hydrogen-bond donors (Lipinski definition) is 0. The molecule has 0 amide bonds. The molecule has 1 rings (SSSR count). The fourth-order valence-electron chi connectivity index (χ4n) is 1.13. The molecule has 2 atom stereocenters. The summed E-state index contributed by atoms with van der Waals surface area (Å²) in [6.07, 6.45) is 2.68. The summed E-state index contributed by atoms with van der Waals surface area (Å²) < 4.78 is 0. The molecule has 1 saturated carbocycles. The predicted molar refractivity (Wildman–Crippen MR) is 50.5 cm³/mol. The van der Waals surface area contributed by atoms with Crippen LogP contribution in [0.5, 0.6) is 0 Å². The quantitative estimate of drug-likeness (QED) is 0.457. The second-order valence-electron chi connectivity index (χ2n) is 4.61. The monoisotopic (exact) mass is 176 g/mol. The molecule has 0 heterocycles. The topological polar surface area (TPSA) is 0 Å². The Bertz CT molecular complexity index is 117. The minimum absolute atomic E-state index is 0.538. The van der Waals surface area contributed by atoms with Crippen LogP contribution in [0.2, 0.25) is 25.7 Å². The number of hydrogen-bond acceptors (Lipinski definition) is 0. The van der Waals surface area contributed by atoms with Gasteiger partial charge in [0.15, 0.2) is 0 Å². The minimum atomic E-state index is -0.768. The highest BCUT2D eigenvalue weighted by atomic mass is 35.5. The van der Waals surface area contributed by atoms with Crippen molar-refractivity contribution in [1.82, 2.24) is 0 Å². The van der Waals surface area contributed by atoms with Crippen molar-refractivity contribution in [2.24, 2.45) is 5.92 Å². The van der Waals surface area contributed by atoms with Gasteiger partial charge in [-0.15, -0.1) is 11.6 Å². The van der Waals surface area contributed by atoms with Gasteiger partial charge in [-0.1, -0.05) is 32.1 Å². The van der Waals surface area contributed by atoms with Crippen LogP contribution in [0.1, 0.15) is 12.8 Å². The lowest BCUT2D eigenvalue weighted by atomic mass is 10.3. The van der Waals surface area contributed by atoms with E-state index in [4.69, 9.17) is 11.6 Å². The molecule has 0 unspecified atom stereocenters. The molecule has 1 aliphatic carbocycles. The van der Waals surface area contributed by atoms with Crippen LogP contribution in [-0.2, 0) is 0 Å². The normalized spacial score (nSPS) is 32.4. The summed E-state index contributed by atoms with van der Waals surface area (Å²) in [5.74, 6) is 0.883. The van der Waals surface area contributed by atoms with E-state index in [2.05, 4.69) is 19.6 Å². The van der Waals surface area contributed by atoms with Gasteiger partial charge in [0, 0.05) is 13.5 Å². The van der Waals surface area contributed by atoms with Gasteiger partial charge in [0.2, 0.25) is 0 Å². The maximum absolute atomic E-state index is 5.90. The largest absolute Gasteiger partial charge is 0.123 e. The van der Waals surface area contributed by atoms with E-state index in [9.17, 15) is 0 Å². The Balaban J connectivity index is 2.06. The summed E-state index contributed by atoms with van der Waals surface area (Å²) in [6.45, 7) is 7.29. The van der Waals surface area contributed by atoms with Crippen LogP contribution in [0.15, 0.2) is 0 Å². The van der Waals surface area contributed by atoms with Crippen molar-refractivity contribution in [2.75, 3.05) is 0 Å². The van der Waals surface area contributed by atoms with E-state index in [0.717, 1.165) is 5.92 Å². The maximum atomic E-state index is 5.90. The summed E-state index contributed by atoms with van der Waals surface area (Å²) in [5.41, 5.74) is 0. The highest BCUT2D eigenvalue weighted by Gasteiger charge is 2.35. The minimum Gasteiger partial charge on any atom is -0.123 e. The zero-order valence-electron chi connectivity index (χ0n) is 7.15. The van der Waals surface area contributed by atoms with Crippen molar-refractivity contribution in [2.45, 2.75) is 43.9 Å². The first-order valence-electron chi connectivity index (χ1n) is 4.13. The molecule has 0 saturated heterocycles. The molecule has 0 radical (unpaired) electrons. The van der Waals surface area contributed by atoms with Crippen LogP contribution in [0.3, 0.4) is 0 Å². The van der Waals surface area contributed by atoms with E-state index in [-0.39, 0.29) is 0 Å². The second-order valence-corrected chi connectivity index (χ2v) is 10.8. The number of halogens is 1. The SMILES string of the molecule is C[Si](C)(C)CC[C@@H]1C[C@@H]1Cl. The van der Waals surface area contributed by atoms with Gasteiger partial charge < -0.3 is 0 Å². The Kier molecular flexibility index (Phi) is 2.46.